The van der Waals surface area contributed by atoms with E-state index in [1.807, 2.05) is 68.4 Å². The Kier molecular flexibility index (Phi) is 7.01. The minimum atomic E-state index is -0.208. The van der Waals surface area contributed by atoms with Crippen molar-refractivity contribution in [1.82, 2.24) is 10.2 Å². The molecular weight excluding hydrogens is 316 g/mol. The van der Waals surface area contributed by atoms with Crippen LogP contribution in [0.4, 0.5) is 0 Å². The van der Waals surface area contributed by atoms with Crippen molar-refractivity contribution in [3.63, 3.8) is 0 Å². The van der Waals surface area contributed by atoms with Crippen LogP contribution in [0.15, 0.2) is 54.6 Å². The summed E-state index contributed by atoms with van der Waals surface area (Å²) in [6.45, 7) is 4.67. The predicted octanol–water partition coefficient (Wildman–Crippen LogP) is 2.72. The van der Waals surface area contributed by atoms with Crippen LogP contribution in [0, 0.1) is 0 Å². The van der Waals surface area contributed by atoms with Crippen LogP contribution in [-0.4, -0.2) is 43.0 Å². The van der Waals surface area contributed by atoms with Gasteiger partial charge >= 0.3 is 0 Å². The predicted molar refractivity (Wildman–Crippen MR) is 98.3 cm³/mol. The Morgan fingerprint density at radius 2 is 1.60 bits per heavy atom. The van der Waals surface area contributed by atoms with E-state index in [-0.39, 0.29) is 25.0 Å². The van der Waals surface area contributed by atoms with E-state index >= 15 is 0 Å². The first kappa shape index (κ1) is 18.5. The monoisotopic (exact) mass is 340 g/mol. The molecule has 0 atom stereocenters. The number of carbonyl (C=O) groups is 2. The SMILES string of the molecule is CCNC(=O)CN(CC)C(=O)COc1ccc(-c2ccccc2)cc1. The van der Waals surface area contributed by atoms with Gasteiger partial charge in [-0.05, 0) is 37.1 Å². The maximum Gasteiger partial charge on any atom is 0.260 e. The van der Waals surface area contributed by atoms with Gasteiger partial charge in [-0.25, -0.2) is 0 Å². The highest BCUT2D eigenvalue weighted by atomic mass is 16.5. The van der Waals surface area contributed by atoms with Gasteiger partial charge < -0.3 is 15.0 Å². The number of ether oxygens (including phenoxy) is 1. The molecule has 2 aromatic rings. The number of nitrogens with zero attached hydrogens (tertiary/aromatic N) is 1. The molecule has 0 aromatic heterocycles. The van der Waals surface area contributed by atoms with Crippen LogP contribution in [0.2, 0.25) is 0 Å². The molecule has 2 rings (SSSR count). The van der Waals surface area contributed by atoms with Gasteiger partial charge in [-0.3, -0.25) is 9.59 Å². The molecule has 0 aliphatic heterocycles. The Morgan fingerprint density at radius 3 is 2.20 bits per heavy atom. The molecule has 0 bridgehead atoms. The zero-order valence-electron chi connectivity index (χ0n) is 14.7. The molecule has 1 N–H and O–H groups in total. The second-order valence-corrected chi connectivity index (χ2v) is 5.54. The van der Waals surface area contributed by atoms with Crippen LogP contribution in [0.3, 0.4) is 0 Å². The quantitative estimate of drug-likeness (QED) is 0.804. The second kappa shape index (κ2) is 9.47. The molecule has 0 saturated heterocycles. The van der Waals surface area contributed by atoms with E-state index in [2.05, 4.69) is 5.32 Å². The molecule has 0 saturated carbocycles. The van der Waals surface area contributed by atoms with Gasteiger partial charge in [-0.15, -0.1) is 0 Å². The third kappa shape index (κ3) is 5.64. The Bertz CT molecular complexity index is 684. The number of rotatable bonds is 8. The van der Waals surface area contributed by atoms with Crippen LogP contribution in [0.25, 0.3) is 11.1 Å². The second-order valence-electron chi connectivity index (χ2n) is 5.54. The summed E-state index contributed by atoms with van der Waals surface area (Å²) in [5.74, 6) is 0.257. The first-order valence-corrected chi connectivity index (χ1v) is 8.46. The highest BCUT2D eigenvalue weighted by molar-refractivity contribution is 5.85. The number of likely N-dealkylation sites (N-methyl/N-ethyl adjacent to an activating group) is 2. The highest BCUT2D eigenvalue weighted by Gasteiger charge is 2.15. The van der Waals surface area contributed by atoms with E-state index in [4.69, 9.17) is 4.74 Å². The van der Waals surface area contributed by atoms with Gasteiger partial charge in [0.05, 0.1) is 6.54 Å². The zero-order chi connectivity index (χ0) is 18.1. The maximum atomic E-state index is 12.2. The van der Waals surface area contributed by atoms with E-state index in [9.17, 15) is 9.59 Å². The van der Waals surface area contributed by atoms with Crippen LogP contribution in [0.1, 0.15) is 13.8 Å². The standard InChI is InChI=1S/C20H24N2O3/c1-3-21-19(23)14-22(4-2)20(24)15-25-18-12-10-17(11-13-18)16-8-6-5-7-9-16/h5-13H,3-4,14-15H2,1-2H3,(H,21,23). The van der Waals surface area contributed by atoms with Gasteiger partial charge in [0.1, 0.15) is 5.75 Å². The van der Waals surface area contributed by atoms with Gasteiger partial charge in [0.15, 0.2) is 6.61 Å². The topological polar surface area (TPSA) is 58.6 Å². The van der Waals surface area contributed by atoms with Crippen molar-refractivity contribution in [2.24, 2.45) is 0 Å². The van der Waals surface area contributed by atoms with E-state index in [0.29, 0.717) is 18.8 Å². The molecule has 0 radical (unpaired) electrons. The molecule has 0 fully saturated rings. The first-order valence-electron chi connectivity index (χ1n) is 8.46. The Hall–Kier alpha value is -2.82. The Balaban J connectivity index is 1.89. The van der Waals surface area contributed by atoms with Gasteiger partial charge in [0.25, 0.3) is 5.91 Å². The normalized spacial score (nSPS) is 10.2. The van der Waals surface area contributed by atoms with Crippen molar-refractivity contribution in [3.8, 4) is 16.9 Å². The minimum absolute atomic E-state index is 0.0550. The number of carbonyl (C=O) groups excluding carboxylic acids is 2. The van der Waals surface area contributed by atoms with E-state index in [1.165, 1.54) is 4.90 Å². The lowest BCUT2D eigenvalue weighted by Crippen LogP contribution is -2.42. The lowest BCUT2D eigenvalue weighted by Gasteiger charge is -2.20. The van der Waals surface area contributed by atoms with E-state index < -0.39 is 0 Å². The summed E-state index contributed by atoms with van der Waals surface area (Å²) in [5.41, 5.74) is 2.22. The number of hydrogen-bond acceptors (Lipinski definition) is 3. The van der Waals surface area contributed by atoms with Crippen LogP contribution < -0.4 is 10.1 Å². The lowest BCUT2D eigenvalue weighted by atomic mass is 10.1. The minimum Gasteiger partial charge on any atom is -0.484 e. The molecule has 25 heavy (non-hydrogen) atoms. The third-order valence-corrected chi connectivity index (χ3v) is 3.77. The molecule has 5 nitrogen and oxygen atoms in total. The molecule has 2 amide bonds. The lowest BCUT2D eigenvalue weighted by molar-refractivity contribution is -0.137. The summed E-state index contributed by atoms with van der Waals surface area (Å²) in [5, 5.41) is 2.69. The van der Waals surface area contributed by atoms with Gasteiger partial charge in [-0.1, -0.05) is 42.5 Å². The summed E-state index contributed by atoms with van der Waals surface area (Å²) in [7, 11) is 0. The molecule has 0 unspecified atom stereocenters. The fourth-order valence-electron chi connectivity index (χ4n) is 2.41. The summed E-state index contributed by atoms with van der Waals surface area (Å²) in [6.07, 6.45) is 0. The molecule has 0 aliphatic carbocycles. The van der Waals surface area contributed by atoms with Gasteiger partial charge in [0.2, 0.25) is 5.91 Å². The van der Waals surface area contributed by atoms with E-state index in [0.717, 1.165) is 11.1 Å². The van der Waals surface area contributed by atoms with E-state index in [1.54, 1.807) is 0 Å². The summed E-state index contributed by atoms with van der Waals surface area (Å²) in [6, 6.07) is 17.7. The molecule has 5 heteroatoms. The largest absolute Gasteiger partial charge is 0.484 e. The number of amides is 2. The highest BCUT2D eigenvalue weighted by Crippen LogP contribution is 2.22. The Labute approximate surface area is 148 Å². The number of hydrogen-bond donors (Lipinski definition) is 1. The molecule has 132 valence electrons. The molecule has 0 heterocycles. The number of nitrogens with one attached hydrogen (secondary N) is 1. The summed E-state index contributed by atoms with van der Waals surface area (Å²) < 4.78 is 5.56. The van der Waals surface area contributed by atoms with Crippen molar-refractivity contribution in [2.45, 2.75) is 13.8 Å². The van der Waals surface area contributed by atoms with Gasteiger partial charge in [0, 0.05) is 13.1 Å². The van der Waals surface area contributed by atoms with Crippen molar-refractivity contribution in [1.29, 1.82) is 0 Å². The molecule has 0 spiro atoms. The van der Waals surface area contributed by atoms with Crippen LogP contribution in [-0.2, 0) is 9.59 Å². The number of benzene rings is 2. The molecular formula is C20H24N2O3. The first-order chi connectivity index (χ1) is 12.1. The average molecular weight is 340 g/mol. The fourth-order valence-corrected chi connectivity index (χ4v) is 2.41. The van der Waals surface area contributed by atoms with Crippen molar-refractivity contribution in [2.75, 3.05) is 26.2 Å². The van der Waals surface area contributed by atoms with Gasteiger partial charge in [-0.2, -0.15) is 0 Å². The summed E-state index contributed by atoms with van der Waals surface area (Å²) >= 11 is 0. The Morgan fingerprint density at radius 1 is 0.960 bits per heavy atom. The van der Waals surface area contributed by atoms with Crippen LogP contribution >= 0.6 is 0 Å². The fraction of sp³-hybridized carbons (Fsp3) is 0.300. The average Bonchev–Trinajstić information content (AvgIpc) is 2.65. The smallest absolute Gasteiger partial charge is 0.260 e. The van der Waals surface area contributed by atoms with Crippen molar-refractivity contribution >= 4 is 11.8 Å². The zero-order valence-corrected chi connectivity index (χ0v) is 14.7. The van der Waals surface area contributed by atoms with Crippen molar-refractivity contribution in [3.05, 3.63) is 54.6 Å². The molecule has 2 aromatic carbocycles. The maximum absolute atomic E-state index is 12.2. The summed E-state index contributed by atoms with van der Waals surface area (Å²) in [4.78, 5) is 25.3. The third-order valence-electron chi connectivity index (χ3n) is 3.77. The van der Waals surface area contributed by atoms with Crippen molar-refractivity contribution < 1.29 is 14.3 Å². The van der Waals surface area contributed by atoms with Crippen LogP contribution in [0.5, 0.6) is 5.75 Å². The molecule has 0 aliphatic rings.